The molecule has 1 aliphatic rings. The molecule has 0 aromatic carbocycles. The molecule has 1 amide bonds. The zero-order valence-corrected chi connectivity index (χ0v) is 20.0. The highest BCUT2D eigenvalue weighted by atomic mass is 19.4. The van der Waals surface area contributed by atoms with Gasteiger partial charge < -0.3 is 14.5 Å². The van der Waals surface area contributed by atoms with Gasteiger partial charge in [0, 0.05) is 38.6 Å². The molecule has 0 atom stereocenters. The Morgan fingerprint density at radius 3 is 2.44 bits per heavy atom. The van der Waals surface area contributed by atoms with Gasteiger partial charge in [-0.15, -0.1) is 0 Å². The van der Waals surface area contributed by atoms with Crippen LogP contribution >= 0.6 is 0 Å². The van der Waals surface area contributed by atoms with Crippen molar-refractivity contribution in [1.82, 2.24) is 34.8 Å². The summed E-state index contributed by atoms with van der Waals surface area (Å²) in [6.45, 7) is 6.57. The zero-order valence-electron chi connectivity index (χ0n) is 20.0. The molecule has 0 radical (unpaired) electrons. The van der Waals surface area contributed by atoms with E-state index in [1.807, 2.05) is 13.8 Å². The first kappa shape index (κ1) is 25.5. The van der Waals surface area contributed by atoms with Gasteiger partial charge in [-0.1, -0.05) is 13.8 Å². The van der Waals surface area contributed by atoms with Gasteiger partial charge in [-0.05, 0) is 5.92 Å². The van der Waals surface area contributed by atoms with Crippen LogP contribution < -0.4 is 10.5 Å². The van der Waals surface area contributed by atoms with Crippen LogP contribution in [0, 0.1) is 0 Å². The van der Waals surface area contributed by atoms with Gasteiger partial charge in [0.25, 0.3) is 5.56 Å². The molecule has 0 spiro atoms. The van der Waals surface area contributed by atoms with Crippen molar-refractivity contribution < 1.29 is 22.7 Å². The monoisotopic (exact) mass is 508 g/mol. The van der Waals surface area contributed by atoms with Crippen molar-refractivity contribution in [2.75, 3.05) is 44.3 Å². The summed E-state index contributed by atoms with van der Waals surface area (Å²) in [5.41, 5.74) is 0.159. The first-order chi connectivity index (χ1) is 17.1. The van der Waals surface area contributed by atoms with Crippen LogP contribution in [0.1, 0.15) is 37.4 Å². The van der Waals surface area contributed by atoms with Gasteiger partial charge in [-0.3, -0.25) is 14.3 Å². The van der Waals surface area contributed by atoms with Crippen molar-refractivity contribution in [3.05, 3.63) is 40.2 Å². The van der Waals surface area contributed by atoms with Gasteiger partial charge in [0.05, 0.1) is 54.5 Å². The lowest BCUT2D eigenvalue weighted by molar-refractivity contribution is -0.138. The molecule has 3 aromatic heterocycles. The third-order valence-electron chi connectivity index (χ3n) is 5.93. The lowest BCUT2D eigenvalue weighted by atomic mass is 10.1. The van der Waals surface area contributed by atoms with Crippen LogP contribution in [0.25, 0.3) is 10.9 Å². The molecular formula is C22H27F3N8O3. The van der Waals surface area contributed by atoms with Gasteiger partial charge in [0.15, 0.2) is 0 Å². The topological polar surface area (TPSA) is 122 Å². The number of hydrogen-bond donors (Lipinski definition) is 1. The molecule has 4 heterocycles. The summed E-state index contributed by atoms with van der Waals surface area (Å²) < 4.78 is 45.4. The molecule has 1 fully saturated rings. The molecule has 0 saturated carbocycles. The summed E-state index contributed by atoms with van der Waals surface area (Å²) in [6.07, 6.45) is -1.18. The number of nitrogens with one attached hydrogen (secondary N) is 1. The Labute approximate surface area is 204 Å². The number of fused-ring (bicyclic) bond motifs is 1. The van der Waals surface area contributed by atoms with Crippen LogP contribution in [-0.4, -0.2) is 80.1 Å². The maximum atomic E-state index is 12.7. The van der Waals surface area contributed by atoms with E-state index in [9.17, 15) is 22.8 Å². The third kappa shape index (κ3) is 5.64. The minimum absolute atomic E-state index is 0.0645. The van der Waals surface area contributed by atoms with Crippen LogP contribution in [0.3, 0.4) is 0 Å². The third-order valence-corrected chi connectivity index (χ3v) is 5.93. The van der Waals surface area contributed by atoms with Crippen LogP contribution in [0.5, 0.6) is 0 Å². The van der Waals surface area contributed by atoms with E-state index >= 15 is 0 Å². The number of rotatable bonds is 8. The van der Waals surface area contributed by atoms with Gasteiger partial charge in [-0.2, -0.15) is 23.4 Å². The predicted molar refractivity (Wildman–Crippen MR) is 124 cm³/mol. The number of piperazine rings is 1. The minimum Gasteiger partial charge on any atom is -0.379 e. The smallest absolute Gasteiger partial charge is 0.379 e. The van der Waals surface area contributed by atoms with E-state index in [1.165, 1.54) is 0 Å². The summed E-state index contributed by atoms with van der Waals surface area (Å²) in [4.78, 5) is 35.8. The highest BCUT2D eigenvalue weighted by Crippen LogP contribution is 2.28. The molecule has 194 valence electrons. The van der Waals surface area contributed by atoms with Crippen molar-refractivity contribution in [2.45, 2.75) is 38.9 Å². The van der Waals surface area contributed by atoms with E-state index in [-0.39, 0.29) is 36.4 Å². The van der Waals surface area contributed by atoms with E-state index < -0.39 is 11.7 Å². The Hall–Kier alpha value is -3.55. The van der Waals surface area contributed by atoms with Crippen molar-refractivity contribution in [3.63, 3.8) is 0 Å². The van der Waals surface area contributed by atoms with Gasteiger partial charge in [-0.25, -0.2) is 15.1 Å². The standard InChI is InChI=1S/C22H27F3N8O3/c1-14(2)19-18-16(13-28-29-20(18)35)33(30-19)8-10-36-9-3-17(34)31-4-6-32(7-5-31)21-26-11-15(12-27-21)22(23,24)25/h11-14H,3-10H2,1-2H3,(H,29,35). The number of carbonyl (C=O) groups excluding carboxylic acids is 1. The largest absolute Gasteiger partial charge is 0.419 e. The van der Waals surface area contributed by atoms with Crippen molar-refractivity contribution in [3.8, 4) is 0 Å². The van der Waals surface area contributed by atoms with Crippen LogP contribution in [0.2, 0.25) is 0 Å². The molecule has 0 bridgehead atoms. The Morgan fingerprint density at radius 1 is 1.11 bits per heavy atom. The number of aromatic nitrogens is 6. The second-order valence-corrected chi connectivity index (χ2v) is 8.72. The van der Waals surface area contributed by atoms with E-state index in [2.05, 4.69) is 25.3 Å². The van der Waals surface area contributed by atoms with Crippen LogP contribution in [0.4, 0.5) is 19.1 Å². The average Bonchev–Trinajstić information content (AvgIpc) is 3.24. The lowest BCUT2D eigenvalue weighted by Gasteiger charge is -2.34. The van der Waals surface area contributed by atoms with Crippen molar-refractivity contribution in [2.24, 2.45) is 0 Å². The van der Waals surface area contributed by atoms with Crippen LogP contribution in [-0.2, 0) is 22.3 Å². The Morgan fingerprint density at radius 2 is 1.81 bits per heavy atom. The molecule has 4 rings (SSSR count). The van der Waals surface area contributed by atoms with E-state index in [4.69, 9.17) is 4.74 Å². The summed E-state index contributed by atoms with van der Waals surface area (Å²) in [5, 5.41) is 11.4. The maximum absolute atomic E-state index is 12.7. The number of nitrogens with zero attached hydrogens (tertiary/aromatic N) is 7. The Bertz CT molecular complexity index is 1250. The van der Waals surface area contributed by atoms with Gasteiger partial charge in [0.1, 0.15) is 0 Å². The Balaban J connectivity index is 1.21. The molecule has 3 aromatic rings. The summed E-state index contributed by atoms with van der Waals surface area (Å²) >= 11 is 0. The summed E-state index contributed by atoms with van der Waals surface area (Å²) in [6, 6.07) is 0. The zero-order chi connectivity index (χ0) is 25.9. The maximum Gasteiger partial charge on any atom is 0.419 e. The van der Waals surface area contributed by atoms with E-state index in [0.29, 0.717) is 55.9 Å². The van der Waals surface area contributed by atoms with Crippen LogP contribution in [0.15, 0.2) is 23.4 Å². The summed E-state index contributed by atoms with van der Waals surface area (Å²) in [7, 11) is 0. The number of alkyl halides is 3. The number of ether oxygens (including phenoxy) is 1. The highest BCUT2D eigenvalue weighted by molar-refractivity contribution is 5.80. The molecule has 0 unspecified atom stereocenters. The number of hydrogen-bond acceptors (Lipinski definition) is 8. The lowest BCUT2D eigenvalue weighted by Crippen LogP contribution is -2.49. The quantitative estimate of drug-likeness (QED) is 0.457. The number of amides is 1. The fraction of sp³-hybridized carbons (Fsp3) is 0.545. The molecule has 11 nitrogen and oxygen atoms in total. The SMILES string of the molecule is CC(C)c1nn(CCOCCC(=O)N2CCN(c3ncc(C(F)(F)F)cn3)CC2)c2cn[nH]c(=O)c12. The fourth-order valence-electron chi connectivity index (χ4n) is 4.00. The van der Waals surface area contributed by atoms with E-state index in [0.717, 1.165) is 12.4 Å². The van der Waals surface area contributed by atoms with Gasteiger partial charge >= 0.3 is 6.18 Å². The molecular weight excluding hydrogens is 481 g/mol. The molecule has 1 saturated heterocycles. The normalized spacial score (nSPS) is 14.7. The second kappa shape index (κ2) is 10.6. The fourth-order valence-corrected chi connectivity index (χ4v) is 4.00. The predicted octanol–water partition coefficient (Wildman–Crippen LogP) is 1.81. The molecule has 14 heteroatoms. The number of aromatic amines is 1. The molecule has 1 N–H and O–H groups in total. The van der Waals surface area contributed by atoms with Crippen molar-refractivity contribution in [1.29, 1.82) is 0 Å². The Kier molecular flexibility index (Phi) is 7.52. The minimum atomic E-state index is -4.48. The second-order valence-electron chi connectivity index (χ2n) is 8.72. The molecule has 1 aliphatic heterocycles. The molecule has 0 aliphatic carbocycles. The first-order valence-electron chi connectivity index (χ1n) is 11.6. The van der Waals surface area contributed by atoms with E-state index in [1.54, 1.807) is 20.7 Å². The number of H-pyrrole nitrogens is 1. The van der Waals surface area contributed by atoms with Crippen molar-refractivity contribution >= 4 is 22.8 Å². The average molecular weight is 509 g/mol. The number of anilines is 1. The highest BCUT2D eigenvalue weighted by Gasteiger charge is 2.32. The molecule has 36 heavy (non-hydrogen) atoms. The number of carbonyl (C=O) groups is 1. The van der Waals surface area contributed by atoms with Gasteiger partial charge in [0.2, 0.25) is 11.9 Å². The number of halogens is 3. The first-order valence-corrected chi connectivity index (χ1v) is 11.6. The summed E-state index contributed by atoms with van der Waals surface area (Å²) in [5.74, 6) is 0.217.